The van der Waals surface area contributed by atoms with Gasteiger partial charge in [0.1, 0.15) is 11.6 Å². The summed E-state index contributed by atoms with van der Waals surface area (Å²) in [5, 5.41) is 11.0. The van der Waals surface area contributed by atoms with E-state index in [0.717, 1.165) is 0 Å². The zero-order valence-electron chi connectivity index (χ0n) is 11.6. The van der Waals surface area contributed by atoms with Gasteiger partial charge in [0.25, 0.3) is 0 Å². The van der Waals surface area contributed by atoms with Crippen LogP contribution in [0.5, 0.6) is 5.75 Å². The molecule has 0 spiro atoms. The highest BCUT2D eigenvalue weighted by molar-refractivity contribution is 9.10. The summed E-state index contributed by atoms with van der Waals surface area (Å²) >= 11 is 1.74. The van der Waals surface area contributed by atoms with E-state index in [9.17, 15) is 40.6 Å². The summed E-state index contributed by atoms with van der Waals surface area (Å²) < 4.78 is 92.8. The first-order valence-corrected chi connectivity index (χ1v) is 6.96. The van der Waals surface area contributed by atoms with Crippen molar-refractivity contribution in [3.63, 3.8) is 0 Å². The second-order valence-corrected chi connectivity index (χ2v) is 5.64. The van der Waals surface area contributed by atoms with Crippen LogP contribution < -0.4 is 5.32 Å². The van der Waals surface area contributed by atoms with E-state index >= 15 is 0 Å². The molecule has 0 aliphatic rings. The Labute approximate surface area is 143 Å². The van der Waals surface area contributed by atoms with Gasteiger partial charge in [-0.2, -0.15) is 8.78 Å². The van der Waals surface area contributed by atoms with Crippen LogP contribution in [0.15, 0.2) is 18.2 Å². The van der Waals surface area contributed by atoms with Gasteiger partial charge in [0.2, 0.25) is 0 Å². The number of halogens is 8. The summed E-state index contributed by atoms with van der Waals surface area (Å²) in [4.78, 5) is 7.13. The summed E-state index contributed by atoms with van der Waals surface area (Å²) in [6.45, 7) is 0. The van der Waals surface area contributed by atoms with E-state index in [2.05, 4.69) is 0 Å². The summed E-state index contributed by atoms with van der Waals surface area (Å²) in [7, 11) is 0. The number of hydrogen-bond acceptors (Lipinski definition) is 2. The van der Waals surface area contributed by atoms with Gasteiger partial charge < -0.3 is 10.4 Å². The van der Waals surface area contributed by atoms with Crippen LogP contribution in [0, 0.1) is 29.1 Å². The summed E-state index contributed by atoms with van der Waals surface area (Å²) in [5.41, 5.74) is -2.80. The van der Waals surface area contributed by atoms with E-state index in [1.807, 2.05) is 0 Å². The second kappa shape index (κ2) is 6.54. The minimum absolute atomic E-state index is 0.133. The molecule has 0 atom stereocenters. The van der Waals surface area contributed by atoms with Gasteiger partial charge >= 0.3 is 10.7 Å². The SMILES string of the molecule is O=C(Nc1cc(-c2cc(F)c(F)c(F)c2F)c(F)cc1O)C(F)(F)Br. The summed E-state index contributed by atoms with van der Waals surface area (Å²) in [6, 6.07) is 0.875. The molecule has 0 aliphatic heterocycles. The maximum absolute atomic E-state index is 13.9. The van der Waals surface area contributed by atoms with Gasteiger partial charge in [0.15, 0.2) is 23.3 Å². The van der Waals surface area contributed by atoms with Crippen molar-refractivity contribution in [3.05, 3.63) is 47.3 Å². The lowest BCUT2D eigenvalue weighted by atomic mass is 10.0. The Balaban J connectivity index is 2.61. The number of alkyl halides is 3. The van der Waals surface area contributed by atoms with Gasteiger partial charge in [0, 0.05) is 33.1 Å². The van der Waals surface area contributed by atoms with Crippen molar-refractivity contribution in [1.29, 1.82) is 0 Å². The molecule has 0 aliphatic carbocycles. The maximum Gasteiger partial charge on any atom is 0.378 e. The third kappa shape index (κ3) is 3.70. The molecule has 11 heteroatoms. The van der Waals surface area contributed by atoms with Crippen molar-refractivity contribution >= 4 is 27.5 Å². The first kappa shape index (κ1) is 19.0. The van der Waals surface area contributed by atoms with Crippen LogP contribution in [-0.2, 0) is 4.79 Å². The van der Waals surface area contributed by atoms with Gasteiger partial charge in [-0.3, -0.25) is 4.79 Å². The van der Waals surface area contributed by atoms with Gasteiger partial charge in [-0.1, -0.05) is 0 Å². The van der Waals surface area contributed by atoms with Gasteiger partial charge in [0.05, 0.1) is 5.69 Å². The van der Waals surface area contributed by atoms with Crippen molar-refractivity contribution in [2.45, 2.75) is 4.83 Å². The number of hydrogen-bond donors (Lipinski definition) is 2. The molecule has 0 aromatic heterocycles. The molecule has 25 heavy (non-hydrogen) atoms. The number of carbonyl (C=O) groups excluding carboxylic acids is 1. The van der Waals surface area contributed by atoms with E-state index in [1.54, 1.807) is 15.9 Å². The molecule has 0 radical (unpaired) electrons. The molecule has 0 bridgehead atoms. The standard InChI is InChI=1S/C14H5BrF7NO2/c15-14(21,22)13(25)23-8-2-4(6(16)3-9(8)24)5-1-7(17)11(19)12(20)10(5)18/h1-3,24H,(H,23,25). The molecule has 0 unspecified atom stereocenters. The molecule has 0 heterocycles. The molecule has 0 saturated carbocycles. The number of anilines is 1. The van der Waals surface area contributed by atoms with Crippen LogP contribution in [0.4, 0.5) is 36.4 Å². The Morgan fingerprint density at radius 1 is 0.920 bits per heavy atom. The predicted molar refractivity (Wildman–Crippen MR) is 75.8 cm³/mol. The number of benzene rings is 2. The summed E-state index contributed by atoms with van der Waals surface area (Å²) in [5.74, 6) is -12.5. The lowest BCUT2D eigenvalue weighted by molar-refractivity contribution is -0.128. The lowest BCUT2D eigenvalue weighted by Crippen LogP contribution is -2.28. The molecule has 1 amide bonds. The number of phenols is 1. The topological polar surface area (TPSA) is 49.3 Å². The molecule has 3 nitrogen and oxygen atoms in total. The average Bonchev–Trinajstić information content (AvgIpc) is 2.50. The Hall–Kier alpha value is -2.30. The Morgan fingerprint density at radius 2 is 1.52 bits per heavy atom. The van der Waals surface area contributed by atoms with Gasteiger partial charge in [-0.15, -0.1) is 0 Å². The third-order valence-corrected chi connectivity index (χ3v) is 3.34. The van der Waals surface area contributed by atoms with Gasteiger partial charge in [-0.05, 0) is 12.1 Å². The van der Waals surface area contributed by atoms with Crippen LogP contribution in [0.25, 0.3) is 11.1 Å². The normalized spacial score (nSPS) is 11.5. The van der Waals surface area contributed by atoms with Crippen molar-refractivity contribution in [2.75, 3.05) is 5.32 Å². The molecular weight excluding hydrogens is 427 g/mol. The maximum atomic E-state index is 13.9. The Morgan fingerprint density at radius 3 is 2.08 bits per heavy atom. The second-order valence-electron chi connectivity index (χ2n) is 4.65. The highest BCUT2D eigenvalue weighted by atomic mass is 79.9. The van der Waals surface area contributed by atoms with E-state index < -0.39 is 62.4 Å². The number of nitrogens with one attached hydrogen (secondary N) is 1. The molecule has 0 saturated heterocycles. The largest absolute Gasteiger partial charge is 0.506 e. The third-order valence-electron chi connectivity index (χ3n) is 2.98. The zero-order chi connectivity index (χ0) is 19.1. The van der Waals surface area contributed by atoms with E-state index in [1.165, 1.54) is 5.32 Å². The number of phenolic OH excluding ortho intramolecular Hbond substituents is 1. The van der Waals surface area contributed by atoms with Crippen LogP contribution in [0.3, 0.4) is 0 Å². The number of carbonyl (C=O) groups is 1. The monoisotopic (exact) mass is 431 g/mol. The van der Waals surface area contributed by atoms with E-state index in [-0.39, 0.29) is 12.1 Å². The molecule has 2 N–H and O–H groups in total. The first-order valence-electron chi connectivity index (χ1n) is 6.17. The molecule has 2 rings (SSSR count). The van der Waals surface area contributed by atoms with Crippen molar-refractivity contribution in [3.8, 4) is 16.9 Å². The number of aromatic hydroxyl groups is 1. The first-order chi connectivity index (χ1) is 11.4. The summed E-state index contributed by atoms with van der Waals surface area (Å²) in [6.07, 6.45) is 0. The lowest BCUT2D eigenvalue weighted by Gasteiger charge is -2.14. The van der Waals surface area contributed by atoms with Crippen molar-refractivity contribution in [2.24, 2.45) is 0 Å². The Bertz CT molecular complexity index is 867. The molecular formula is C14H5BrF7NO2. The molecule has 2 aromatic rings. The minimum Gasteiger partial charge on any atom is -0.506 e. The number of rotatable bonds is 3. The van der Waals surface area contributed by atoms with Crippen LogP contribution in [0.2, 0.25) is 0 Å². The van der Waals surface area contributed by atoms with Crippen LogP contribution >= 0.6 is 15.9 Å². The average molecular weight is 432 g/mol. The highest BCUT2D eigenvalue weighted by Gasteiger charge is 2.35. The molecule has 0 fully saturated rings. The fraction of sp³-hybridized carbons (Fsp3) is 0.0714. The minimum atomic E-state index is -4.05. The fourth-order valence-electron chi connectivity index (χ4n) is 1.83. The van der Waals surface area contributed by atoms with Crippen LogP contribution in [-0.4, -0.2) is 15.8 Å². The van der Waals surface area contributed by atoms with Crippen molar-refractivity contribution < 1.29 is 40.6 Å². The molecule has 134 valence electrons. The predicted octanol–water partition coefficient (Wildman–Crippen LogP) is 4.68. The fourth-order valence-corrected chi connectivity index (χ4v) is 1.93. The van der Waals surface area contributed by atoms with Crippen LogP contribution in [0.1, 0.15) is 0 Å². The van der Waals surface area contributed by atoms with Gasteiger partial charge in [-0.25, -0.2) is 22.0 Å². The quantitative estimate of drug-likeness (QED) is 0.243. The zero-order valence-corrected chi connectivity index (χ0v) is 13.2. The Kier molecular flexibility index (Phi) is 4.98. The highest BCUT2D eigenvalue weighted by Crippen LogP contribution is 2.36. The smallest absolute Gasteiger partial charge is 0.378 e. The number of amides is 1. The van der Waals surface area contributed by atoms with E-state index in [4.69, 9.17) is 0 Å². The molecule has 2 aromatic carbocycles. The van der Waals surface area contributed by atoms with E-state index in [0.29, 0.717) is 6.07 Å². The van der Waals surface area contributed by atoms with Crippen molar-refractivity contribution in [1.82, 2.24) is 0 Å².